The first-order chi connectivity index (χ1) is 27.3. The summed E-state index contributed by atoms with van der Waals surface area (Å²) in [6.45, 7) is 0.131. The number of carboxylic acid groups (broad SMARTS) is 1. The van der Waals surface area contributed by atoms with Gasteiger partial charge >= 0.3 is 29.4 Å². The molecule has 1 saturated heterocycles. The largest absolute Gasteiger partial charge is 0.481 e. The fourth-order valence-corrected chi connectivity index (χ4v) is 8.65. The molecule has 334 valence electrons. The first-order valence-electron chi connectivity index (χ1n) is 17.3. The van der Waals surface area contributed by atoms with Crippen molar-refractivity contribution in [1.82, 2.24) is 30.2 Å². The van der Waals surface area contributed by atoms with Crippen LogP contribution in [0.3, 0.4) is 0 Å². The van der Waals surface area contributed by atoms with E-state index in [0.29, 0.717) is 12.8 Å². The fourth-order valence-electron chi connectivity index (χ4n) is 5.11. The van der Waals surface area contributed by atoms with Crippen molar-refractivity contribution < 1.29 is 95.5 Å². The standard InChI is InChI=1S/C28H46N7O20P3S/c1-28(2,22(41)25(42)31-8-7-17(37)30-9-10-59-27(43)15(36)5-3-4-6-18(38)39)12-52-58(49,50)55-57(47,48)51-11-16-21(54-56(44,45)46)20(40)26(53-16)35-14-34-19-23(29)32-13-33-24(19)35/h13-16,20-22,26,36,40-41H,3-12H2,1-2H3,(H,30,37)(H,31,42)(H,38,39)(H,47,48)(H,49,50)(H2,29,32,33)(H2,44,45,46)/t15?,16-,20-,21-,22+,26-/m1/s1. The number of unbranched alkanes of at least 4 members (excludes halogenated alkanes) is 1. The van der Waals surface area contributed by atoms with Crippen LogP contribution in [0.25, 0.3) is 11.2 Å². The van der Waals surface area contributed by atoms with Gasteiger partial charge in [-0.15, -0.1) is 0 Å². The van der Waals surface area contributed by atoms with Crippen LogP contribution in [0, 0.1) is 5.41 Å². The van der Waals surface area contributed by atoms with E-state index in [1.165, 1.54) is 13.8 Å². The van der Waals surface area contributed by atoms with Crippen molar-refractivity contribution in [3.8, 4) is 0 Å². The summed E-state index contributed by atoms with van der Waals surface area (Å²) in [5.41, 5.74) is 4.18. The number of carbonyl (C=O) groups is 4. The minimum absolute atomic E-state index is 0.0165. The highest BCUT2D eigenvalue weighted by Crippen LogP contribution is 2.61. The molecule has 0 aliphatic carbocycles. The molecule has 27 nitrogen and oxygen atoms in total. The zero-order valence-corrected chi connectivity index (χ0v) is 34.8. The van der Waals surface area contributed by atoms with Gasteiger partial charge in [-0.2, -0.15) is 4.31 Å². The van der Waals surface area contributed by atoms with Crippen LogP contribution in [0.4, 0.5) is 5.82 Å². The van der Waals surface area contributed by atoms with E-state index < -0.39 is 102 Å². The Hall–Kier alpha value is -3.01. The topological polar surface area (TPSA) is 421 Å². The van der Waals surface area contributed by atoms with Crippen LogP contribution in [-0.4, -0.2) is 145 Å². The van der Waals surface area contributed by atoms with Crippen molar-refractivity contribution in [3.63, 3.8) is 0 Å². The number of carbonyl (C=O) groups excluding carboxylic acids is 3. The van der Waals surface area contributed by atoms with Crippen LogP contribution in [0.15, 0.2) is 12.7 Å². The molecule has 0 saturated carbocycles. The number of amides is 2. The number of aliphatic hydroxyl groups is 3. The fraction of sp³-hybridized carbons (Fsp3) is 0.679. The van der Waals surface area contributed by atoms with Gasteiger partial charge in [-0.3, -0.25) is 37.3 Å². The monoisotopic (exact) mass is 925 g/mol. The molecular formula is C28H46N7O20P3S. The number of carboxylic acids is 1. The Morgan fingerprint density at radius 1 is 1.00 bits per heavy atom. The number of ether oxygens (including phenoxy) is 1. The van der Waals surface area contributed by atoms with Crippen molar-refractivity contribution in [1.29, 1.82) is 0 Å². The van der Waals surface area contributed by atoms with E-state index in [0.717, 1.165) is 29.0 Å². The van der Waals surface area contributed by atoms with E-state index in [2.05, 4.69) is 34.4 Å². The van der Waals surface area contributed by atoms with Gasteiger partial charge < -0.3 is 61.1 Å². The average Bonchev–Trinajstić information content (AvgIpc) is 3.69. The molecule has 1 fully saturated rings. The van der Waals surface area contributed by atoms with Crippen LogP contribution < -0.4 is 16.4 Å². The number of aliphatic hydroxyl groups excluding tert-OH is 3. The maximum absolute atomic E-state index is 12.7. The van der Waals surface area contributed by atoms with E-state index in [9.17, 15) is 67.8 Å². The van der Waals surface area contributed by atoms with Crippen LogP contribution in [0.5, 0.6) is 0 Å². The van der Waals surface area contributed by atoms with Crippen molar-refractivity contribution in [3.05, 3.63) is 12.7 Å². The van der Waals surface area contributed by atoms with Crippen molar-refractivity contribution in [2.75, 3.05) is 37.8 Å². The molecule has 1 aliphatic rings. The second-order valence-electron chi connectivity index (χ2n) is 13.4. The summed E-state index contributed by atoms with van der Waals surface area (Å²) in [5.74, 6) is -2.48. The lowest BCUT2D eigenvalue weighted by Crippen LogP contribution is -2.46. The van der Waals surface area contributed by atoms with Crippen molar-refractivity contribution in [2.45, 2.75) is 82.7 Å². The Bertz CT molecular complexity index is 1940. The number of aliphatic carboxylic acids is 1. The Morgan fingerprint density at radius 3 is 2.34 bits per heavy atom. The summed E-state index contributed by atoms with van der Waals surface area (Å²) in [6.07, 6.45) is -7.74. The normalized spacial score (nSPS) is 21.6. The predicted molar refractivity (Wildman–Crippen MR) is 199 cm³/mol. The number of nitrogens with zero attached hydrogens (tertiary/aromatic N) is 4. The number of hydrogen-bond acceptors (Lipinski definition) is 20. The molecule has 2 aromatic heterocycles. The summed E-state index contributed by atoms with van der Waals surface area (Å²) < 4.78 is 62.0. The summed E-state index contributed by atoms with van der Waals surface area (Å²) in [4.78, 5) is 98.1. The van der Waals surface area contributed by atoms with Crippen molar-refractivity contribution in [2.24, 2.45) is 5.41 Å². The van der Waals surface area contributed by atoms with E-state index in [1.807, 2.05) is 0 Å². The van der Waals surface area contributed by atoms with Gasteiger partial charge in [-0.25, -0.2) is 28.6 Å². The molecule has 12 N–H and O–H groups in total. The number of phosphoric ester groups is 3. The maximum Gasteiger partial charge on any atom is 0.481 e. The lowest BCUT2D eigenvalue weighted by Gasteiger charge is -2.30. The summed E-state index contributed by atoms with van der Waals surface area (Å²) in [7, 11) is -16.5. The molecule has 0 bridgehead atoms. The minimum Gasteiger partial charge on any atom is -0.481 e. The van der Waals surface area contributed by atoms with Gasteiger partial charge in [-0.05, 0) is 19.3 Å². The van der Waals surface area contributed by atoms with Gasteiger partial charge in [0, 0.05) is 37.1 Å². The second kappa shape index (κ2) is 21.7. The Kier molecular flexibility index (Phi) is 18.5. The van der Waals surface area contributed by atoms with Crippen LogP contribution in [-0.2, 0) is 55.5 Å². The van der Waals surface area contributed by atoms with Crippen LogP contribution >= 0.6 is 35.2 Å². The molecule has 3 unspecified atom stereocenters. The molecule has 2 aromatic rings. The third kappa shape index (κ3) is 16.1. The van der Waals surface area contributed by atoms with E-state index in [-0.39, 0.29) is 55.1 Å². The summed E-state index contributed by atoms with van der Waals surface area (Å²) in [5, 5.41) is 44.2. The number of imidazole rings is 1. The van der Waals surface area contributed by atoms with Gasteiger partial charge in [-0.1, -0.05) is 25.6 Å². The number of anilines is 1. The first kappa shape index (κ1) is 50.3. The average molecular weight is 926 g/mol. The van der Waals surface area contributed by atoms with Gasteiger partial charge in [0.15, 0.2) is 17.7 Å². The number of fused-ring (bicyclic) bond motifs is 1. The SMILES string of the molecule is CC(C)(COP(=O)(O)OP(=O)(O)OC[C@H]1O[C@@H](n2cnc3c(N)ncnc32)[C@H](O)[C@@H]1OP(=O)(O)O)[C@@H](O)C(=O)NCCC(=O)NCCSC(=O)C(O)CCCCC(=O)O. The second-order valence-corrected chi connectivity index (χ2v) is 18.7. The Balaban J connectivity index is 1.44. The number of thioether (sulfide) groups is 1. The predicted octanol–water partition coefficient (Wildman–Crippen LogP) is -1.33. The van der Waals surface area contributed by atoms with Crippen molar-refractivity contribution >= 4 is 75.1 Å². The number of hydrogen-bond donors (Lipinski definition) is 11. The smallest absolute Gasteiger partial charge is 0.481 e. The maximum atomic E-state index is 12.7. The molecule has 0 spiro atoms. The summed E-state index contributed by atoms with van der Waals surface area (Å²) in [6, 6.07) is 0. The molecule has 0 radical (unpaired) electrons. The first-order valence-corrected chi connectivity index (χ1v) is 22.8. The lowest BCUT2D eigenvalue weighted by molar-refractivity contribution is -0.137. The number of aromatic nitrogens is 4. The Labute approximate surface area is 338 Å². The Morgan fingerprint density at radius 2 is 1.68 bits per heavy atom. The molecule has 59 heavy (non-hydrogen) atoms. The zero-order valence-electron chi connectivity index (χ0n) is 31.3. The molecule has 0 aromatic carbocycles. The number of rotatable bonds is 25. The molecule has 8 atom stereocenters. The third-order valence-corrected chi connectivity index (χ3v) is 12.2. The highest BCUT2D eigenvalue weighted by atomic mass is 32.2. The highest BCUT2D eigenvalue weighted by Gasteiger charge is 2.50. The lowest BCUT2D eigenvalue weighted by atomic mass is 9.87. The quantitative estimate of drug-likeness (QED) is 0.0406. The number of phosphoric acid groups is 3. The molecule has 1 aliphatic heterocycles. The van der Waals surface area contributed by atoms with E-state index in [1.54, 1.807) is 0 Å². The highest BCUT2D eigenvalue weighted by molar-refractivity contribution is 8.13. The molecular weight excluding hydrogens is 879 g/mol. The van der Waals surface area contributed by atoms with Gasteiger partial charge in [0.05, 0.1) is 19.5 Å². The van der Waals surface area contributed by atoms with Crippen LogP contribution in [0.1, 0.15) is 52.2 Å². The number of nitrogens with two attached hydrogens (primary N) is 1. The summed E-state index contributed by atoms with van der Waals surface area (Å²) >= 11 is 0.776. The number of nitrogens with one attached hydrogen (secondary N) is 2. The molecule has 3 rings (SSSR count). The van der Waals surface area contributed by atoms with Gasteiger partial charge in [0.25, 0.3) is 0 Å². The van der Waals surface area contributed by atoms with E-state index >= 15 is 0 Å². The third-order valence-electron chi connectivity index (χ3n) is 8.14. The zero-order chi connectivity index (χ0) is 44.3. The van der Waals surface area contributed by atoms with Gasteiger partial charge in [0.1, 0.15) is 42.4 Å². The molecule has 2 amide bonds. The molecule has 3 heterocycles. The van der Waals surface area contributed by atoms with Gasteiger partial charge in [0.2, 0.25) is 16.9 Å². The van der Waals surface area contributed by atoms with Crippen LogP contribution in [0.2, 0.25) is 0 Å². The van der Waals surface area contributed by atoms with E-state index in [4.69, 9.17) is 24.6 Å². The minimum atomic E-state index is -5.60. The molecule has 31 heteroatoms. The number of nitrogen functional groups attached to an aromatic ring is 1.